The molecule has 0 aliphatic heterocycles. The lowest BCUT2D eigenvalue weighted by Crippen LogP contribution is -2.30. The molecule has 0 unspecified atom stereocenters. The summed E-state index contributed by atoms with van der Waals surface area (Å²) in [5.74, 6) is 0. The molecule has 3 nitrogen and oxygen atoms in total. The van der Waals surface area contributed by atoms with E-state index in [-0.39, 0.29) is 0 Å². The van der Waals surface area contributed by atoms with E-state index in [2.05, 4.69) is 96.4 Å². The topological polar surface area (TPSA) is 29.9 Å². The third-order valence-electron chi connectivity index (χ3n) is 6.15. The molecule has 3 heteroatoms. The van der Waals surface area contributed by atoms with Crippen LogP contribution < -0.4 is 4.57 Å². The molecule has 0 aliphatic carbocycles. The van der Waals surface area contributed by atoms with Gasteiger partial charge in [0.1, 0.15) is 7.05 Å². The van der Waals surface area contributed by atoms with E-state index in [1.54, 1.807) is 0 Å². The van der Waals surface area contributed by atoms with Crippen LogP contribution in [0.15, 0.2) is 77.3 Å². The highest BCUT2D eigenvalue weighted by Crippen LogP contribution is 2.42. The average Bonchev–Trinajstić information content (AvgIpc) is 3.12. The highest BCUT2D eigenvalue weighted by Gasteiger charge is 2.24. The van der Waals surface area contributed by atoms with Crippen LogP contribution in [-0.2, 0) is 7.05 Å². The summed E-state index contributed by atoms with van der Waals surface area (Å²) in [6.45, 7) is 4.19. The van der Waals surface area contributed by atoms with Crippen molar-refractivity contribution < 1.29 is 8.98 Å². The van der Waals surface area contributed by atoms with Crippen molar-refractivity contribution in [2.45, 2.75) is 13.8 Å². The Morgan fingerprint density at radius 3 is 2.37 bits per heavy atom. The van der Waals surface area contributed by atoms with Crippen LogP contribution in [0.25, 0.3) is 54.9 Å². The SMILES string of the molecule is Cc1ccc2c(n1)oc1c(-c3cc4ccccc4c[n+]3C)c(C)c3ccccc3c12. The molecule has 3 aromatic carbocycles. The first-order chi connectivity index (χ1) is 14.6. The van der Waals surface area contributed by atoms with E-state index in [4.69, 9.17) is 4.42 Å². The first-order valence-electron chi connectivity index (χ1n) is 10.2. The van der Waals surface area contributed by atoms with Crippen LogP contribution in [0.3, 0.4) is 0 Å². The van der Waals surface area contributed by atoms with Crippen LogP contribution in [0.5, 0.6) is 0 Å². The smallest absolute Gasteiger partial charge is 0.227 e. The van der Waals surface area contributed by atoms with Gasteiger partial charge in [-0.3, -0.25) is 0 Å². The van der Waals surface area contributed by atoms with Crippen LogP contribution in [0.1, 0.15) is 11.3 Å². The molecule has 0 fully saturated rings. The number of rotatable bonds is 1. The minimum Gasteiger partial charge on any atom is -0.437 e. The van der Waals surface area contributed by atoms with Gasteiger partial charge in [-0.15, -0.1) is 0 Å². The highest BCUT2D eigenvalue weighted by molar-refractivity contribution is 6.23. The summed E-state index contributed by atoms with van der Waals surface area (Å²) in [7, 11) is 2.10. The van der Waals surface area contributed by atoms with Crippen molar-refractivity contribution in [1.29, 1.82) is 0 Å². The Bertz CT molecular complexity index is 1630. The molecular formula is C27H21N2O+. The number of pyridine rings is 2. The number of hydrogen-bond acceptors (Lipinski definition) is 2. The maximum atomic E-state index is 6.45. The highest BCUT2D eigenvalue weighted by atomic mass is 16.3. The zero-order valence-corrected chi connectivity index (χ0v) is 17.2. The van der Waals surface area contributed by atoms with Gasteiger partial charge in [0.25, 0.3) is 0 Å². The Morgan fingerprint density at radius 1 is 0.800 bits per heavy atom. The van der Waals surface area contributed by atoms with Crippen molar-refractivity contribution in [1.82, 2.24) is 4.98 Å². The van der Waals surface area contributed by atoms with Gasteiger partial charge in [0.2, 0.25) is 11.4 Å². The molecule has 0 amide bonds. The second-order valence-electron chi connectivity index (χ2n) is 8.06. The number of benzene rings is 3. The molecule has 0 spiro atoms. The number of aromatic nitrogens is 2. The molecule has 144 valence electrons. The van der Waals surface area contributed by atoms with Gasteiger partial charge < -0.3 is 4.42 Å². The lowest BCUT2D eigenvalue weighted by molar-refractivity contribution is -0.659. The Balaban J connectivity index is 1.85. The van der Waals surface area contributed by atoms with E-state index < -0.39 is 0 Å². The summed E-state index contributed by atoms with van der Waals surface area (Å²) in [6, 6.07) is 23.5. The third kappa shape index (κ3) is 2.32. The first-order valence-corrected chi connectivity index (χ1v) is 10.2. The summed E-state index contributed by atoms with van der Waals surface area (Å²) >= 11 is 0. The van der Waals surface area contributed by atoms with Crippen LogP contribution in [0.2, 0.25) is 0 Å². The van der Waals surface area contributed by atoms with E-state index in [0.717, 1.165) is 33.3 Å². The molecule has 0 radical (unpaired) electrons. The molecular weight excluding hydrogens is 368 g/mol. The van der Waals surface area contributed by atoms with Crippen molar-refractivity contribution in [3.63, 3.8) is 0 Å². The van der Waals surface area contributed by atoms with Crippen LogP contribution >= 0.6 is 0 Å². The molecule has 0 saturated heterocycles. The second kappa shape index (κ2) is 6.14. The van der Waals surface area contributed by atoms with Gasteiger partial charge in [-0.05, 0) is 53.8 Å². The molecule has 0 atom stereocenters. The van der Waals surface area contributed by atoms with E-state index in [1.807, 2.05) is 6.92 Å². The molecule has 0 saturated carbocycles. The van der Waals surface area contributed by atoms with Crippen molar-refractivity contribution in [3.8, 4) is 11.3 Å². The van der Waals surface area contributed by atoms with Gasteiger partial charge in [0.05, 0.1) is 5.56 Å². The van der Waals surface area contributed by atoms with Gasteiger partial charge >= 0.3 is 0 Å². The minimum absolute atomic E-state index is 0.699. The molecule has 6 aromatic rings. The number of aryl methyl sites for hydroxylation is 3. The lowest BCUT2D eigenvalue weighted by atomic mass is 9.93. The van der Waals surface area contributed by atoms with Crippen molar-refractivity contribution in [2.24, 2.45) is 7.05 Å². The standard InChI is InChI=1S/C27H21N2O/c1-16-12-13-22-25-21-11-7-6-10-20(21)17(2)24(26(25)30-27(22)28-16)23-14-18-8-4-5-9-19(18)15-29(23)3/h4-15H,1-3H3/q+1. The average molecular weight is 389 g/mol. The van der Waals surface area contributed by atoms with E-state index in [1.165, 1.54) is 27.1 Å². The lowest BCUT2D eigenvalue weighted by Gasteiger charge is -2.11. The van der Waals surface area contributed by atoms with Crippen molar-refractivity contribution >= 4 is 43.6 Å². The monoisotopic (exact) mass is 389 g/mol. The number of furan rings is 1. The summed E-state index contributed by atoms with van der Waals surface area (Å²) in [4.78, 5) is 4.68. The maximum absolute atomic E-state index is 6.45. The van der Waals surface area contributed by atoms with E-state index >= 15 is 0 Å². The van der Waals surface area contributed by atoms with Gasteiger partial charge in [-0.1, -0.05) is 42.5 Å². The van der Waals surface area contributed by atoms with Crippen LogP contribution in [0.4, 0.5) is 0 Å². The maximum Gasteiger partial charge on any atom is 0.227 e. The summed E-state index contributed by atoms with van der Waals surface area (Å²) < 4.78 is 8.65. The fourth-order valence-corrected chi connectivity index (χ4v) is 4.69. The zero-order valence-electron chi connectivity index (χ0n) is 17.2. The molecule has 30 heavy (non-hydrogen) atoms. The van der Waals surface area contributed by atoms with Crippen molar-refractivity contribution in [3.05, 3.63) is 84.2 Å². The molecule has 3 aromatic heterocycles. The fraction of sp³-hybridized carbons (Fsp3) is 0.111. The molecule has 0 bridgehead atoms. The number of nitrogens with zero attached hydrogens (tertiary/aromatic N) is 2. The number of fused-ring (bicyclic) bond motifs is 6. The molecule has 6 rings (SSSR count). The van der Waals surface area contributed by atoms with Gasteiger partial charge in [0.15, 0.2) is 11.8 Å². The number of hydrogen-bond donors (Lipinski definition) is 0. The normalized spacial score (nSPS) is 11.8. The zero-order chi connectivity index (χ0) is 20.4. The Labute approximate surface area is 174 Å². The Morgan fingerprint density at radius 2 is 1.53 bits per heavy atom. The van der Waals surface area contributed by atoms with E-state index in [9.17, 15) is 0 Å². The fourth-order valence-electron chi connectivity index (χ4n) is 4.69. The van der Waals surface area contributed by atoms with Gasteiger partial charge in [-0.2, -0.15) is 0 Å². The molecule has 0 N–H and O–H groups in total. The second-order valence-corrected chi connectivity index (χ2v) is 8.06. The quantitative estimate of drug-likeness (QED) is 0.305. The van der Waals surface area contributed by atoms with Crippen LogP contribution in [-0.4, -0.2) is 4.98 Å². The summed E-state index contributed by atoms with van der Waals surface area (Å²) in [5, 5.41) is 7.10. The Kier molecular flexibility index (Phi) is 3.51. The predicted molar refractivity (Wildman–Crippen MR) is 123 cm³/mol. The minimum atomic E-state index is 0.699. The van der Waals surface area contributed by atoms with Gasteiger partial charge in [-0.25, -0.2) is 9.55 Å². The first kappa shape index (κ1) is 17.2. The Hall–Kier alpha value is -3.72. The van der Waals surface area contributed by atoms with Gasteiger partial charge in [0, 0.05) is 27.9 Å². The molecule has 0 aliphatic rings. The predicted octanol–water partition coefficient (Wildman–Crippen LogP) is 6.40. The third-order valence-corrected chi connectivity index (χ3v) is 6.15. The van der Waals surface area contributed by atoms with E-state index in [0.29, 0.717) is 5.71 Å². The summed E-state index contributed by atoms with van der Waals surface area (Å²) in [5.41, 5.74) is 6.06. The largest absolute Gasteiger partial charge is 0.437 e. The van der Waals surface area contributed by atoms with Crippen molar-refractivity contribution in [2.75, 3.05) is 0 Å². The molecule has 3 heterocycles. The summed E-state index contributed by atoms with van der Waals surface area (Å²) in [6.07, 6.45) is 2.19. The van der Waals surface area contributed by atoms with Crippen LogP contribution in [0, 0.1) is 13.8 Å².